The van der Waals surface area contributed by atoms with Gasteiger partial charge in [0.2, 0.25) is 5.91 Å². The SMILES string of the molecule is CC[C@H]1S[C@@H](c2ccc(OC)cc2)N(CCN(CC)C(=O)NC(C)C)C1=O. The number of rotatable bonds is 8. The molecule has 0 saturated carbocycles. The number of nitrogens with zero attached hydrogens (tertiary/aromatic N) is 2. The third-order valence-electron chi connectivity index (χ3n) is 4.60. The van der Waals surface area contributed by atoms with Crippen LogP contribution in [0.5, 0.6) is 5.75 Å². The monoisotopic (exact) mass is 393 g/mol. The maximum absolute atomic E-state index is 12.9. The number of hydrogen-bond donors (Lipinski definition) is 1. The summed E-state index contributed by atoms with van der Waals surface area (Å²) in [4.78, 5) is 28.8. The van der Waals surface area contributed by atoms with Gasteiger partial charge in [-0.1, -0.05) is 19.1 Å². The topological polar surface area (TPSA) is 61.9 Å². The van der Waals surface area contributed by atoms with Crippen LogP contribution in [0, 0.1) is 0 Å². The van der Waals surface area contributed by atoms with Crippen molar-refractivity contribution in [1.82, 2.24) is 15.1 Å². The Morgan fingerprint density at radius 2 is 1.96 bits per heavy atom. The van der Waals surface area contributed by atoms with Crippen LogP contribution in [0.1, 0.15) is 45.1 Å². The number of ether oxygens (including phenoxy) is 1. The summed E-state index contributed by atoms with van der Waals surface area (Å²) in [7, 11) is 1.64. The molecule has 3 amide bonds. The number of carbonyl (C=O) groups is 2. The predicted molar refractivity (Wildman–Crippen MR) is 110 cm³/mol. The molecule has 0 unspecified atom stereocenters. The van der Waals surface area contributed by atoms with Crippen molar-refractivity contribution in [2.75, 3.05) is 26.7 Å². The van der Waals surface area contributed by atoms with E-state index < -0.39 is 0 Å². The van der Waals surface area contributed by atoms with Gasteiger partial charge in [0.15, 0.2) is 0 Å². The van der Waals surface area contributed by atoms with Crippen molar-refractivity contribution in [3.05, 3.63) is 29.8 Å². The molecule has 1 fully saturated rings. The van der Waals surface area contributed by atoms with Crippen LogP contribution < -0.4 is 10.1 Å². The van der Waals surface area contributed by atoms with Gasteiger partial charge in [0.25, 0.3) is 0 Å². The Kier molecular flexibility index (Phi) is 7.83. The molecule has 0 spiro atoms. The molecule has 1 aromatic rings. The number of urea groups is 1. The standard InChI is InChI=1S/C20H31N3O3S/c1-6-17-18(24)23(13-12-22(7-2)20(25)21-14(3)4)19(27-17)15-8-10-16(26-5)11-9-15/h8-11,14,17,19H,6-7,12-13H2,1-5H3,(H,21,25)/t17-,19+/m1/s1. The molecule has 0 radical (unpaired) electrons. The molecular weight excluding hydrogens is 362 g/mol. The predicted octanol–water partition coefficient (Wildman–Crippen LogP) is 3.49. The average Bonchev–Trinajstić information content (AvgIpc) is 2.97. The molecular formula is C20H31N3O3S. The number of likely N-dealkylation sites (N-methyl/N-ethyl adjacent to an activating group) is 1. The van der Waals surface area contributed by atoms with Gasteiger partial charge in [-0.05, 0) is 44.9 Å². The molecule has 1 aromatic carbocycles. The zero-order chi connectivity index (χ0) is 20.0. The maximum Gasteiger partial charge on any atom is 0.317 e. The van der Waals surface area contributed by atoms with Gasteiger partial charge >= 0.3 is 6.03 Å². The van der Waals surface area contributed by atoms with E-state index in [2.05, 4.69) is 5.32 Å². The highest BCUT2D eigenvalue weighted by atomic mass is 32.2. The molecule has 2 atom stereocenters. The number of methoxy groups -OCH3 is 1. The molecule has 1 heterocycles. The summed E-state index contributed by atoms with van der Waals surface area (Å²) in [6.45, 7) is 9.53. The van der Waals surface area contributed by atoms with E-state index >= 15 is 0 Å². The Bertz CT molecular complexity index is 636. The second-order valence-electron chi connectivity index (χ2n) is 6.87. The Labute approximate surface area is 166 Å². The fourth-order valence-corrected chi connectivity index (χ4v) is 4.51. The first kappa shape index (κ1) is 21.4. The lowest BCUT2D eigenvalue weighted by molar-refractivity contribution is -0.130. The van der Waals surface area contributed by atoms with E-state index in [0.717, 1.165) is 17.7 Å². The van der Waals surface area contributed by atoms with Gasteiger partial charge in [0, 0.05) is 25.7 Å². The summed E-state index contributed by atoms with van der Waals surface area (Å²) < 4.78 is 5.24. The molecule has 0 bridgehead atoms. The largest absolute Gasteiger partial charge is 0.497 e. The minimum Gasteiger partial charge on any atom is -0.497 e. The van der Waals surface area contributed by atoms with Crippen molar-refractivity contribution in [3.63, 3.8) is 0 Å². The Morgan fingerprint density at radius 1 is 1.30 bits per heavy atom. The Morgan fingerprint density at radius 3 is 2.48 bits per heavy atom. The van der Waals surface area contributed by atoms with Crippen molar-refractivity contribution < 1.29 is 14.3 Å². The number of thioether (sulfide) groups is 1. The van der Waals surface area contributed by atoms with Gasteiger partial charge in [-0.25, -0.2) is 4.79 Å². The van der Waals surface area contributed by atoms with Gasteiger partial charge in [-0.2, -0.15) is 0 Å². The van der Waals surface area contributed by atoms with Crippen molar-refractivity contribution in [2.45, 2.75) is 50.8 Å². The number of nitrogens with one attached hydrogen (secondary N) is 1. The van der Waals surface area contributed by atoms with E-state index in [-0.39, 0.29) is 28.6 Å². The average molecular weight is 394 g/mol. The zero-order valence-electron chi connectivity index (χ0n) is 16.9. The number of carbonyl (C=O) groups excluding carboxylic acids is 2. The lowest BCUT2D eigenvalue weighted by atomic mass is 10.2. The van der Waals surface area contributed by atoms with Crippen molar-refractivity contribution >= 4 is 23.7 Å². The van der Waals surface area contributed by atoms with E-state index in [4.69, 9.17) is 4.74 Å². The van der Waals surface area contributed by atoms with E-state index in [1.165, 1.54) is 0 Å². The highest BCUT2D eigenvalue weighted by Crippen LogP contribution is 2.44. The first-order valence-electron chi connectivity index (χ1n) is 9.56. The van der Waals surface area contributed by atoms with E-state index in [1.54, 1.807) is 23.8 Å². The second-order valence-corrected chi connectivity index (χ2v) is 8.16. The fraction of sp³-hybridized carbons (Fsp3) is 0.600. The molecule has 6 nitrogen and oxygen atoms in total. The smallest absolute Gasteiger partial charge is 0.317 e. The minimum absolute atomic E-state index is 0.0276. The third-order valence-corrected chi connectivity index (χ3v) is 6.25. The van der Waals surface area contributed by atoms with Gasteiger partial charge < -0.3 is 19.9 Å². The number of hydrogen-bond acceptors (Lipinski definition) is 4. The van der Waals surface area contributed by atoms with E-state index in [0.29, 0.717) is 19.6 Å². The summed E-state index contributed by atoms with van der Waals surface area (Å²) >= 11 is 1.69. The molecule has 1 N–H and O–H groups in total. The highest BCUT2D eigenvalue weighted by molar-refractivity contribution is 8.01. The number of amides is 3. The molecule has 0 aromatic heterocycles. The minimum atomic E-state index is -0.0835. The quantitative estimate of drug-likeness (QED) is 0.734. The van der Waals surface area contributed by atoms with Gasteiger partial charge in [0.1, 0.15) is 11.1 Å². The lowest BCUT2D eigenvalue weighted by Gasteiger charge is -2.29. The molecule has 1 aliphatic rings. The van der Waals surface area contributed by atoms with Crippen LogP contribution in [0.25, 0.3) is 0 Å². The molecule has 27 heavy (non-hydrogen) atoms. The van der Waals surface area contributed by atoms with Crippen LogP contribution in [0.4, 0.5) is 4.79 Å². The van der Waals surface area contributed by atoms with Gasteiger partial charge in [0.05, 0.1) is 12.4 Å². The van der Waals surface area contributed by atoms with E-state index in [9.17, 15) is 9.59 Å². The zero-order valence-corrected chi connectivity index (χ0v) is 17.7. The molecule has 2 rings (SSSR count). The molecule has 0 aliphatic carbocycles. The van der Waals surface area contributed by atoms with Crippen molar-refractivity contribution in [3.8, 4) is 5.75 Å². The van der Waals surface area contributed by atoms with Crippen LogP contribution in [0.2, 0.25) is 0 Å². The normalized spacial score (nSPS) is 19.5. The van der Waals surface area contributed by atoms with E-state index in [1.807, 2.05) is 56.9 Å². The summed E-state index contributed by atoms with van der Waals surface area (Å²) in [5.74, 6) is 0.956. The summed E-state index contributed by atoms with van der Waals surface area (Å²) in [6.07, 6.45) is 0.804. The van der Waals surface area contributed by atoms with Crippen LogP contribution in [0.15, 0.2) is 24.3 Å². The van der Waals surface area contributed by atoms with Crippen molar-refractivity contribution in [1.29, 1.82) is 0 Å². The molecule has 7 heteroatoms. The van der Waals surface area contributed by atoms with Crippen LogP contribution in [-0.2, 0) is 4.79 Å². The lowest BCUT2D eigenvalue weighted by Crippen LogP contribution is -2.46. The summed E-state index contributed by atoms with van der Waals surface area (Å²) in [6, 6.07) is 7.88. The van der Waals surface area contributed by atoms with Crippen LogP contribution in [-0.4, -0.2) is 59.8 Å². The first-order valence-corrected chi connectivity index (χ1v) is 10.5. The van der Waals surface area contributed by atoms with Gasteiger partial charge in [-0.3, -0.25) is 4.79 Å². The van der Waals surface area contributed by atoms with Gasteiger partial charge in [-0.15, -0.1) is 11.8 Å². The van der Waals surface area contributed by atoms with Crippen molar-refractivity contribution in [2.24, 2.45) is 0 Å². The second kappa shape index (κ2) is 9.88. The van der Waals surface area contributed by atoms with Crippen LogP contribution in [0.3, 0.4) is 0 Å². The third kappa shape index (κ3) is 5.31. The molecule has 1 saturated heterocycles. The number of benzene rings is 1. The molecule has 1 aliphatic heterocycles. The Hall–Kier alpha value is -1.89. The van der Waals surface area contributed by atoms with Crippen LogP contribution >= 0.6 is 11.8 Å². The summed E-state index contributed by atoms with van der Waals surface area (Å²) in [5.41, 5.74) is 1.08. The fourth-order valence-electron chi connectivity index (χ4n) is 3.08. The highest BCUT2D eigenvalue weighted by Gasteiger charge is 2.39. The maximum atomic E-state index is 12.9. The summed E-state index contributed by atoms with van der Waals surface area (Å²) in [5, 5.41) is 2.86. The Balaban J connectivity index is 2.12. The first-order chi connectivity index (χ1) is 12.9. The molecule has 150 valence electrons.